The van der Waals surface area contributed by atoms with Crippen LogP contribution in [0.1, 0.15) is 0 Å². The number of rotatable bonds is 0. The second-order valence-corrected chi connectivity index (χ2v) is 1.34. The van der Waals surface area contributed by atoms with Crippen molar-refractivity contribution < 1.29 is 86.4 Å². The van der Waals surface area contributed by atoms with E-state index in [1.54, 1.807) is 0 Å². The van der Waals surface area contributed by atoms with Crippen molar-refractivity contribution in [2.45, 2.75) is 0 Å². The number of phosphoric acid groups is 1. The fourth-order valence-electron chi connectivity index (χ4n) is 0. The summed E-state index contributed by atoms with van der Waals surface area (Å²) in [6.07, 6.45) is 0. The van der Waals surface area contributed by atoms with E-state index in [9.17, 15) is 0 Å². The minimum atomic E-state index is -5.39. The Morgan fingerprint density at radius 3 is 0.889 bits per heavy atom. The second kappa shape index (κ2) is 13.6. The minimum absolute atomic E-state index is 0. The van der Waals surface area contributed by atoms with Crippen LogP contribution in [0.2, 0.25) is 0 Å². The third kappa shape index (κ3) is 96.9. The van der Waals surface area contributed by atoms with Crippen LogP contribution in [0.15, 0.2) is 0 Å². The second-order valence-electron chi connectivity index (χ2n) is 0.447. The summed E-state index contributed by atoms with van der Waals surface area (Å²) in [6.45, 7) is 0. The summed E-state index contributed by atoms with van der Waals surface area (Å²) in [5.74, 6) is 0. The van der Waals surface area contributed by atoms with Gasteiger partial charge in [-0.3, -0.25) is 0 Å². The fraction of sp³-hybridized carbons (Fsp3) is 0. The molecule has 0 heterocycles. The van der Waals surface area contributed by atoms with Crippen molar-refractivity contribution in [1.82, 2.24) is 0 Å². The van der Waals surface area contributed by atoms with Crippen molar-refractivity contribution in [1.29, 1.82) is 0 Å². The molecule has 0 radical (unpaired) electrons. The molecule has 0 aliphatic heterocycles. The monoisotopic (exact) mass is 544 g/mol. The molecule has 0 atom stereocenters. The van der Waals surface area contributed by atoms with Crippen LogP contribution in [-0.4, -0.2) is 0 Å². The van der Waals surface area contributed by atoms with Crippen LogP contribution in [0, 0.1) is 0 Å². The molecule has 0 aliphatic carbocycles. The van der Waals surface area contributed by atoms with E-state index < -0.39 is 7.82 Å². The third-order valence-corrected chi connectivity index (χ3v) is 0. The van der Waals surface area contributed by atoms with Gasteiger partial charge < -0.3 is 19.2 Å². The van der Waals surface area contributed by atoms with Crippen molar-refractivity contribution in [3.05, 3.63) is 0 Å². The Labute approximate surface area is 116 Å². The van der Waals surface area contributed by atoms with Crippen LogP contribution in [0.4, 0.5) is 0 Å². The molecule has 0 rings (SSSR count). The number of hydrogen-bond acceptors (Lipinski definition) is 4. The smallest absolute Gasteiger partial charge is 0.822 e. The van der Waals surface area contributed by atoms with Gasteiger partial charge in [0, 0.05) is 0 Å². The summed E-state index contributed by atoms with van der Waals surface area (Å²) in [7, 11) is -5.39. The van der Waals surface area contributed by atoms with Gasteiger partial charge in [0.25, 0.3) is 0 Å². The van der Waals surface area contributed by atoms with Crippen molar-refractivity contribution >= 4 is 31.8 Å². The van der Waals surface area contributed by atoms with E-state index in [0.29, 0.717) is 0 Å². The van der Waals surface area contributed by atoms with Gasteiger partial charge in [-0.15, -0.1) is 24.0 Å². The van der Waals surface area contributed by atoms with E-state index in [1.807, 2.05) is 0 Å². The first-order valence-electron chi connectivity index (χ1n) is 0.730. The molecule has 9 heavy (non-hydrogen) atoms. The maximum absolute atomic E-state index is 8.55. The third-order valence-electron chi connectivity index (χ3n) is 0. The van der Waals surface area contributed by atoms with Gasteiger partial charge in [0.15, 0.2) is 0 Å². The molecule has 0 aromatic heterocycles. The Morgan fingerprint density at radius 2 is 0.889 bits per heavy atom. The van der Waals surface area contributed by atoms with Crippen molar-refractivity contribution in [2.75, 3.05) is 0 Å². The van der Waals surface area contributed by atoms with E-state index in [4.69, 9.17) is 19.2 Å². The van der Waals surface area contributed by atoms with Crippen LogP contribution in [0.5, 0.6) is 0 Å². The molecule has 4 nitrogen and oxygen atoms in total. The average Bonchev–Trinajstić information content (AvgIpc) is 0.722. The fourth-order valence-corrected chi connectivity index (χ4v) is 0. The molecule has 0 saturated heterocycles. The molecule has 0 saturated carbocycles. The summed E-state index contributed by atoms with van der Waals surface area (Å²) in [5, 5.41) is 0. The number of hydrogen-bond donors (Lipinski definition) is 0. The Balaban J connectivity index is -0.0000000133. The molecule has 0 aromatic carbocycles. The molecule has 0 spiro atoms. The average molecular weight is 546 g/mol. The van der Waals surface area contributed by atoms with Gasteiger partial charge in [-0.25, -0.2) is 0 Å². The van der Waals surface area contributed by atoms with E-state index >= 15 is 0 Å². The number of halogens is 1. The summed E-state index contributed by atoms with van der Waals surface area (Å²) in [5.41, 5.74) is 0. The summed E-state index contributed by atoms with van der Waals surface area (Å²) in [6, 6.07) is 0. The SMILES string of the molecule is I.O=P([O-])([O-])[O-].[Ag+].[Ag+].[Ag+]. The van der Waals surface area contributed by atoms with Crippen molar-refractivity contribution in [3.8, 4) is 0 Å². The normalized spacial score (nSPS) is 6.56. The van der Waals surface area contributed by atoms with Crippen LogP contribution in [0.25, 0.3) is 0 Å². The van der Waals surface area contributed by atoms with Gasteiger partial charge in [-0.1, -0.05) is 0 Å². The van der Waals surface area contributed by atoms with Gasteiger partial charge >= 0.3 is 67.1 Å². The van der Waals surface area contributed by atoms with E-state index in [-0.39, 0.29) is 91.1 Å². The Hall–Kier alpha value is 3.06. The topological polar surface area (TPSA) is 86.2 Å². The van der Waals surface area contributed by atoms with Gasteiger partial charge in [0.05, 0.1) is 0 Å². The minimum Gasteiger partial charge on any atom is -0.822 e. The molecule has 0 bridgehead atoms. The zero-order valence-electron chi connectivity index (χ0n) is 3.39. The molecular weight excluding hydrogens is 545 g/mol. The van der Waals surface area contributed by atoms with E-state index in [2.05, 4.69) is 0 Å². The summed E-state index contributed by atoms with van der Waals surface area (Å²) < 4.78 is 8.55. The maximum Gasteiger partial charge on any atom is 1.00 e. The molecule has 0 aromatic rings. The van der Waals surface area contributed by atoms with E-state index in [1.165, 1.54) is 0 Å². The van der Waals surface area contributed by atoms with Gasteiger partial charge in [-0.2, -0.15) is 7.82 Å². The largest absolute Gasteiger partial charge is 1.00 e. The summed E-state index contributed by atoms with van der Waals surface area (Å²) in [4.78, 5) is 25.6. The van der Waals surface area contributed by atoms with Crippen LogP contribution in [0.3, 0.4) is 0 Å². The molecular formula is HAg3IO4P. The van der Waals surface area contributed by atoms with Gasteiger partial charge in [0.1, 0.15) is 0 Å². The van der Waals surface area contributed by atoms with Gasteiger partial charge in [-0.05, 0) is 0 Å². The first-order chi connectivity index (χ1) is 2.00. The molecule has 0 unspecified atom stereocenters. The molecule has 0 aliphatic rings. The Kier molecular flexibility index (Phi) is 44.8. The first kappa shape index (κ1) is 29.6. The molecule has 70 valence electrons. The summed E-state index contributed by atoms with van der Waals surface area (Å²) >= 11 is 0. The van der Waals surface area contributed by atoms with Crippen LogP contribution >= 0.6 is 31.8 Å². The molecule has 0 amide bonds. The van der Waals surface area contributed by atoms with Gasteiger partial charge in [0.2, 0.25) is 0 Å². The molecule has 0 fully saturated rings. The van der Waals surface area contributed by atoms with Crippen LogP contribution in [-0.2, 0) is 71.7 Å². The zero-order chi connectivity index (χ0) is 4.50. The van der Waals surface area contributed by atoms with Crippen LogP contribution < -0.4 is 14.7 Å². The van der Waals surface area contributed by atoms with E-state index in [0.717, 1.165) is 0 Å². The standard InChI is InChI=1S/3Ag.HI.H3O4P/c;;;;1-5(2,3)4/h;;;1H;(H3,1,2,3,4)/q3*+1;;/p-3. The Bertz CT molecular complexity index is 61.9. The van der Waals surface area contributed by atoms with Crippen molar-refractivity contribution in [2.24, 2.45) is 0 Å². The molecule has 0 N–H and O–H groups in total. The zero-order valence-corrected chi connectivity index (χ0v) is 11.1. The van der Waals surface area contributed by atoms with Crippen molar-refractivity contribution in [3.63, 3.8) is 0 Å². The predicted octanol–water partition coefficient (Wildman–Crippen LogP) is -2.21. The first-order valence-corrected chi connectivity index (χ1v) is 2.19. The predicted molar refractivity (Wildman–Crippen MR) is 23.0 cm³/mol. The quantitative estimate of drug-likeness (QED) is 0.196. The molecule has 9 heteroatoms. The Morgan fingerprint density at radius 1 is 0.889 bits per heavy atom. The maximum atomic E-state index is 8.55.